The van der Waals surface area contributed by atoms with Crippen molar-refractivity contribution in [3.63, 3.8) is 0 Å². The van der Waals surface area contributed by atoms with Crippen LogP contribution in [0.4, 0.5) is 8.78 Å². The van der Waals surface area contributed by atoms with Crippen LogP contribution in [0.3, 0.4) is 0 Å². The van der Waals surface area contributed by atoms with Crippen molar-refractivity contribution in [3.05, 3.63) is 304 Å². The third-order valence-electron chi connectivity index (χ3n) is 14.2. The van der Waals surface area contributed by atoms with Crippen LogP contribution in [0.2, 0.25) is 0 Å². The van der Waals surface area contributed by atoms with E-state index >= 15 is 13.6 Å². The molecule has 0 unspecified atom stereocenters. The zero-order chi connectivity index (χ0) is 59.7. The van der Waals surface area contributed by atoms with Gasteiger partial charge in [-0.05, 0) is 64.9 Å². The highest BCUT2D eigenvalue weighted by Crippen LogP contribution is 2.50. The van der Waals surface area contributed by atoms with Gasteiger partial charge >= 0.3 is 5.97 Å². The smallest absolute Gasteiger partial charge is 0.344 e. The van der Waals surface area contributed by atoms with Gasteiger partial charge in [0.25, 0.3) is 0 Å². The Morgan fingerprint density at radius 3 is 1.20 bits per heavy atom. The van der Waals surface area contributed by atoms with Crippen LogP contribution < -0.4 is 42.6 Å². The van der Waals surface area contributed by atoms with E-state index in [-0.39, 0.29) is 69.9 Å². The molecule has 11 nitrogen and oxygen atoms in total. The number of fused-ring (bicyclic) bond motifs is 1. The maximum atomic E-state index is 17.9. The molecule has 2 atom stereocenters. The first-order valence-corrected chi connectivity index (χ1v) is 28.8. The quantitative estimate of drug-likeness (QED) is 0.0484. The minimum Gasteiger partial charge on any atom is -0.489 e. The molecule has 0 saturated heterocycles. The Bertz CT molecular complexity index is 3780. The molecule has 0 saturated carbocycles. The van der Waals surface area contributed by atoms with Gasteiger partial charge in [0.15, 0.2) is 29.2 Å². The van der Waals surface area contributed by atoms with Crippen molar-refractivity contribution in [2.24, 2.45) is 0 Å². The zero-order valence-corrected chi connectivity index (χ0v) is 48.2. The second kappa shape index (κ2) is 28.5. The van der Waals surface area contributed by atoms with Crippen LogP contribution in [-0.2, 0) is 57.4 Å². The molecule has 1 aliphatic rings. The molecule has 0 amide bonds. The number of rotatable bonds is 26. The summed E-state index contributed by atoms with van der Waals surface area (Å²) in [7, 11) is 0. The standard InChI is InChI=1S/C74H64F2O11/c1-50(2)85-72-68(76)66(67(75)71(83-48-56-34-20-8-21-35-56)73(72)84-49-57-36-22-9-23-37-57)74(77)87-65-42-60-61(79-44-52-26-12-4-13-27-52)40-59(78-43-51-24-10-3-11-25-51)41-62(60)86-69(65)58-38-63(80-45-53-28-14-5-15-29-53)70(82-47-55-32-18-7-19-33-55)64(39-58)81-46-54-30-16-6-17-31-54/h3-41,50,65,69H,42-49H2,1-2H3/t65-,69+/m1/s1. The predicted molar refractivity (Wildman–Crippen MR) is 327 cm³/mol. The largest absolute Gasteiger partial charge is 0.489 e. The minimum atomic E-state index is -1.38. The van der Waals surface area contributed by atoms with Gasteiger partial charge in [-0.3, -0.25) is 0 Å². The van der Waals surface area contributed by atoms with Gasteiger partial charge in [-0.1, -0.05) is 212 Å². The maximum absolute atomic E-state index is 17.9. The Morgan fingerprint density at radius 1 is 0.425 bits per heavy atom. The first-order valence-electron chi connectivity index (χ1n) is 28.8. The van der Waals surface area contributed by atoms with Crippen molar-refractivity contribution in [2.45, 2.75) is 84.8 Å². The first kappa shape index (κ1) is 58.5. The van der Waals surface area contributed by atoms with E-state index in [1.807, 2.05) is 200 Å². The normalized spacial score (nSPS) is 13.3. The topological polar surface area (TPSA) is 109 Å². The fourth-order valence-electron chi connectivity index (χ4n) is 9.88. The summed E-state index contributed by atoms with van der Waals surface area (Å²) in [6, 6.07) is 73.6. The Balaban J connectivity index is 1.05. The van der Waals surface area contributed by atoms with Gasteiger partial charge in [-0.25, -0.2) is 13.6 Å². The van der Waals surface area contributed by atoms with Gasteiger partial charge < -0.3 is 47.4 Å². The van der Waals surface area contributed by atoms with Gasteiger partial charge in [0.05, 0.1) is 6.10 Å². The van der Waals surface area contributed by atoms with E-state index in [4.69, 9.17) is 47.4 Å². The van der Waals surface area contributed by atoms with Crippen LogP contribution in [0.5, 0.6) is 51.7 Å². The molecule has 0 bridgehead atoms. The number of ether oxygens (including phenoxy) is 10. The molecule has 1 aliphatic heterocycles. The number of carbonyl (C=O) groups excluding carboxylic acids is 1. The van der Waals surface area contributed by atoms with E-state index in [9.17, 15) is 0 Å². The van der Waals surface area contributed by atoms with Crippen molar-refractivity contribution in [2.75, 3.05) is 0 Å². The number of benzene rings is 10. The fourth-order valence-corrected chi connectivity index (χ4v) is 9.88. The maximum Gasteiger partial charge on any atom is 0.344 e. The number of esters is 1. The molecule has 10 aromatic rings. The summed E-state index contributed by atoms with van der Waals surface area (Å²) >= 11 is 0. The van der Waals surface area contributed by atoms with E-state index in [2.05, 4.69) is 0 Å². The molecule has 87 heavy (non-hydrogen) atoms. The molecule has 0 fully saturated rings. The fraction of sp³-hybridized carbons (Fsp3) is 0.176. The lowest BCUT2D eigenvalue weighted by Crippen LogP contribution is -2.35. The Kier molecular flexibility index (Phi) is 19.2. The van der Waals surface area contributed by atoms with E-state index in [0.717, 1.165) is 27.8 Å². The average molecular weight is 1170 g/mol. The predicted octanol–water partition coefficient (Wildman–Crippen LogP) is 16.7. The summed E-state index contributed by atoms with van der Waals surface area (Å²) in [5, 5.41) is 0. The Hall–Kier alpha value is -10.3. The summed E-state index contributed by atoms with van der Waals surface area (Å²) in [6.45, 7) is 3.85. The van der Waals surface area contributed by atoms with Crippen LogP contribution in [-0.4, -0.2) is 18.2 Å². The Labute approximate surface area is 505 Å². The lowest BCUT2D eigenvalue weighted by atomic mass is 9.93. The summed E-state index contributed by atoms with van der Waals surface area (Å²) < 4.78 is 101. The molecule has 13 heteroatoms. The number of hydrogen-bond acceptors (Lipinski definition) is 11. The van der Waals surface area contributed by atoms with Crippen LogP contribution >= 0.6 is 0 Å². The Morgan fingerprint density at radius 2 is 0.782 bits per heavy atom. The van der Waals surface area contributed by atoms with E-state index in [1.165, 1.54) is 0 Å². The summed E-state index contributed by atoms with van der Waals surface area (Å²) in [5.74, 6) is -3.55. The lowest BCUT2D eigenvalue weighted by molar-refractivity contribution is -0.0199. The molecule has 0 spiro atoms. The van der Waals surface area contributed by atoms with Crippen LogP contribution in [0.1, 0.15) is 80.4 Å². The number of hydrogen-bond donors (Lipinski definition) is 0. The summed E-state index contributed by atoms with van der Waals surface area (Å²) in [5.41, 5.74) is 5.65. The monoisotopic (exact) mass is 1170 g/mol. The SMILES string of the molecule is CC(C)Oc1c(F)c(C(=O)O[C@@H]2Cc3c(OCc4ccccc4)cc(OCc4ccccc4)cc3O[C@H]2c2cc(OCc3ccccc3)c(OCc3ccccc3)c(OCc3ccccc3)c2)c(F)c(OCc2ccccc2)c1OCc1ccccc1. The number of carbonyl (C=O) groups is 1. The van der Waals surface area contributed by atoms with Gasteiger partial charge in [0, 0.05) is 29.7 Å². The first-order chi connectivity index (χ1) is 42.7. The second-order valence-electron chi connectivity index (χ2n) is 21.0. The highest BCUT2D eigenvalue weighted by molar-refractivity contribution is 5.92. The van der Waals surface area contributed by atoms with Crippen LogP contribution in [0, 0.1) is 11.6 Å². The van der Waals surface area contributed by atoms with Crippen molar-refractivity contribution in [1.82, 2.24) is 0 Å². The molecule has 0 aliphatic carbocycles. The van der Waals surface area contributed by atoms with Crippen molar-refractivity contribution in [3.8, 4) is 51.7 Å². The van der Waals surface area contributed by atoms with Gasteiger partial charge in [-0.15, -0.1) is 0 Å². The van der Waals surface area contributed by atoms with Gasteiger partial charge in [0.2, 0.25) is 23.0 Å². The average Bonchev–Trinajstić information content (AvgIpc) is 0.923. The molecule has 0 N–H and O–H groups in total. The summed E-state index contributed by atoms with van der Waals surface area (Å²) in [6.07, 6.45) is -3.32. The molecule has 10 aromatic carbocycles. The molecule has 1 heterocycles. The molecule has 0 radical (unpaired) electrons. The third kappa shape index (κ3) is 15.2. The van der Waals surface area contributed by atoms with Crippen molar-refractivity contribution >= 4 is 5.97 Å². The molecule has 11 rings (SSSR count). The number of halogens is 2. The van der Waals surface area contributed by atoms with Crippen molar-refractivity contribution in [1.29, 1.82) is 0 Å². The van der Waals surface area contributed by atoms with E-state index in [0.29, 0.717) is 45.3 Å². The van der Waals surface area contributed by atoms with E-state index in [1.54, 1.807) is 50.2 Å². The van der Waals surface area contributed by atoms with Gasteiger partial charge in [0.1, 0.15) is 75.2 Å². The highest BCUT2D eigenvalue weighted by atomic mass is 19.1. The summed E-state index contributed by atoms with van der Waals surface area (Å²) in [4.78, 5) is 15.4. The van der Waals surface area contributed by atoms with Crippen molar-refractivity contribution < 1.29 is 60.9 Å². The highest BCUT2D eigenvalue weighted by Gasteiger charge is 2.41. The molecule has 0 aromatic heterocycles. The molecule has 440 valence electrons. The third-order valence-corrected chi connectivity index (χ3v) is 14.2. The van der Waals surface area contributed by atoms with Crippen LogP contribution in [0.25, 0.3) is 0 Å². The lowest BCUT2D eigenvalue weighted by Gasteiger charge is -2.35. The molecular formula is C74H64F2O11. The van der Waals surface area contributed by atoms with E-state index < -0.39 is 53.0 Å². The minimum absolute atomic E-state index is 0.0876. The van der Waals surface area contributed by atoms with Gasteiger partial charge in [-0.2, -0.15) is 0 Å². The molecular weight excluding hydrogens is 1100 g/mol. The zero-order valence-electron chi connectivity index (χ0n) is 48.2. The van der Waals surface area contributed by atoms with Crippen LogP contribution in [0.15, 0.2) is 237 Å². The second-order valence-corrected chi connectivity index (χ2v) is 21.0.